The summed E-state index contributed by atoms with van der Waals surface area (Å²) in [4.78, 5) is 21.5. The number of carboxylic acid groups (broad SMARTS) is 1. The molecule has 0 aromatic carbocycles. The second-order valence-electron chi connectivity index (χ2n) is 4.80. The highest BCUT2D eigenvalue weighted by Crippen LogP contribution is 2.06. The Balaban J connectivity index is 3.72. The highest BCUT2D eigenvalue weighted by Gasteiger charge is 2.04. The highest BCUT2D eigenvalue weighted by molar-refractivity contribution is 5.71. The van der Waals surface area contributed by atoms with Crippen molar-refractivity contribution in [2.24, 2.45) is 0 Å². The van der Waals surface area contributed by atoms with E-state index in [1.807, 2.05) is 13.0 Å². The van der Waals surface area contributed by atoms with Gasteiger partial charge in [-0.05, 0) is 46.1 Å². The summed E-state index contributed by atoms with van der Waals surface area (Å²) < 4.78 is 5.00. The fraction of sp³-hybridized carbons (Fsp3) is 0.600. The molecule has 1 N–H and O–H groups in total. The maximum atomic E-state index is 11.3. The molecular formula is C15H24O4. The Morgan fingerprint density at radius 1 is 1.05 bits per heavy atom. The molecule has 0 spiro atoms. The molecule has 4 heteroatoms. The van der Waals surface area contributed by atoms with Gasteiger partial charge in [0.15, 0.2) is 0 Å². The third-order valence-corrected chi connectivity index (χ3v) is 2.54. The van der Waals surface area contributed by atoms with Crippen LogP contribution in [0.15, 0.2) is 23.3 Å². The topological polar surface area (TPSA) is 63.6 Å². The first-order chi connectivity index (χ1) is 8.91. The molecule has 4 nitrogen and oxygen atoms in total. The average molecular weight is 268 g/mol. The molecule has 0 fully saturated rings. The molecule has 0 aliphatic rings. The summed E-state index contributed by atoms with van der Waals surface area (Å²) in [5, 5.41) is 8.43. The van der Waals surface area contributed by atoms with Crippen molar-refractivity contribution in [1.29, 1.82) is 0 Å². The fourth-order valence-corrected chi connectivity index (χ4v) is 1.42. The van der Waals surface area contributed by atoms with Crippen LogP contribution in [0.25, 0.3) is 0 Å². The Morgan fingerprint density at radius 3 is 2.32 bits per heavy atom. The van der Waals surface area contributed by atoms with Crippen molar-refractivity contribution < 1.29 is 19.4 Å². The summed E-state index contributed by atoms with van der Waals surface area (Å²) in [7, 11) is 0. The van der Waals surface area contributed by atoms with Gasteiger partial charge in [0.2, 0.25) is 0 Å². The molecule has 0 saturated heterocycles. The van der Waals surface area contributed by atoms with Crippen LogP contribution < -0.4 is 0 Å². The molecule has 108 valence electrons. The number of carbonyl (C=O) groups excluding carboxylic acids is 1. The maximum absolute atomic E-state index is 11.3. The summed E-state index contributed by atoms with van der Waals surface area (Å²) in [6, 6.07) is 0. The molecule has 0 saturated carbocycles. The van der Waals surface area contributed by atoms with Gasteiger partial charge in [-0.2, -0.15) is 0 Å². The molecule has 0 rings (SSSR count). The summed E-state index contributed by atoms with van der Waals surface area (Å²) in [6.45, 7) is 6.42. The van der Waals surface area contributed by atoms with E-state index in [4.69, 9.17) is 9.84 Å². The van der Waals surface area contributed by atoms with Crippen LogP contribution in [0.4, 0.5) is 0 Å². The summed E-state index contributed by atoms with van der Waals surface area (Å²) >= 11 is 0. The number of carboxylic acids is 1. The zero-order chi connectivity index (χ0) is 14.7. The van der Waals surface area contributed by atoms with Gasteiger partial charge in [-0.3, -0.25) is 9.59 Å². The van der Waals surface area contributed by atoms with Crippen molar-refractivity contribution in [1.82, 2.24) is 0 Å². The van der Waals surface area contributed by atoms with Crippen LogP contribution in [0.3, 0.4) is 0 Å². The molecule has 0 amide bonds. The van der Waals surface area contributed by atoms with Gasteiger partial charge >= 0.3 is 11.9 Å². The molecule has 0 heterocycles. The molecule has 0 aliphatic carbocycles. The number of hydrogen-bond donors (Lipinski definition) is 1. The van der Waals surface area contributed by atoms with E-state index < -0.39 is 5.97 Å². The summed E-state index contributed by atoms with van der Waals surface area (Å²) in [5.41, 5.74) is 2.49. The third kappa shape index (κ3) is 12.7. The highest BCUT2D eigenvalue weighted by atomic mass is 16.5. The minimum Gasteiger partial charge on any atom is -0.481 e. The van der Waals surface area contributed by atoms with E-state index in [1.165, 1.54) is 11.1 Å². The zero-order valence-electron chi connectivity index (χ0n) is 12.1. The zero-order valence-corrected chi connectivity index (χ0v) is 12.1. The largest absolute Gasteiger partial charge is 0.481 e. The SMILES string of the molecule is CC(C)=CCCC(C)=CCOC(=O)CCCC(=O)O. The Labute approximate surface area is 115 Å². The normalized spacial score (nSPS) is 11.0. The van der Waals surface area contributed by atoms with Crippen molar-refractivity contribution in [3.05, 3.63) is 23.3 Å². The molecular weight excluding hydrogens is 244 g/mol. The lowest BCUT2D eigenvalue weighted by molar-refractivity contribution is -0.142. The molecule has 0 aromatic heterocycles. The number of allylic oxidation sites excluding steroid dienone is 3. The van der Waals surface area contributed by atoms with Gasteiger partial charge in [-0.15, -0.1) is 0 Å². The van der Waals surface area contributed by atoms with E-state index >= 15 is 0 Å². The van der Waals surface area contributed by atoms with E-state index in [1.54, 1.807) is 0 Å². The lowest BCUT2D eigenvalue weighted by Gasteiger charge is -2.02. The van der Waals surface area contributed by atoms with Crippen molar-refractivity contribution in [3.8, 4) is 0 Å². The van der Waals surface area contributed by atoms with E-state index in [0.717, 1.165) is 12.8 Å². The smallest absolute Gasteiger partial charge is 0.306 e. The minimum atomic E-state index is -0.886. The van der Waals surface area contributed by atoms with Gasteiger partial charge in [0, 0.05) is 12.8 Å². The summed E-state index contributed by atoms with van der Waals surface area (Å²) in [5.74, 6) is -1.22. The summed E-state index contributed by atoms with van der Waals surface area (Å²) in [6.07, 6.45) is 6.53. The number of carbonyl (C=O) groups is 2. The lowest BCUT2D eigenvalue weighted by atomic mass is 10.1. The van der Waals surface area contributed by atoms with Crippen LogP contribution in [0, 0.1) is 0 Å². The van der Waals surface area contributed by atoms with E-state index in [9.17, 15) is 9.59 Å². The second kappa shape index (κ2) is 10.4. The van der Waals surface area contributed by atoms with Crippen molar-refractivity contribution in [2.45, 2.75) is 52.9 Å². The van der Waals surface area contributed by atoms with Crippen molar-refractivity contribution in [3.63, 3.8) is 0 Å². The van der Waals surface area contributed by atoms with Gasteiger partial charge in [0.05, 0.1) is 0 Å². The second-order valence-corrected chi connectivity index (χ2v) is 4.80. The van der Waals surface area contributed by atoms with E-state index in [2.05, 4.69) is 19.9 Å². The van der Waals surface area contributed by atoms with Gasteiger partial charge in [0.25, 0.3) is 0 Å². The van der Waals surface area contributed by atoms with E-state index in [0.29, 0.717) is 6.42 Å². The third-order valence-electron chi connectivity index (χ3n) is 2.54. The van der Waals surface area contributed by atoms with Crippen LogP contribution in [-0.2, 0) is 14.3 Å². The number of esters is 1. The van der Waals surface area contributed by atoms with Crippen molar-refractivity contribution in [2.75, 3.05) is 6.61 Å². The first-order valence-corrected chi connectivity index (χ1v) is 6.58. The molecule has 0 radical (unpaired) electrons. The van der Waals surface area contributed by atoms with Crippen molar-refractivity contribution >= 4 is 11.9 Å². The van der Waals surface area contributed by atoms with Gasteiger partial charge in [0.1, 0.15) is 6.61 Å². The van der Waals surface area contributed by atoms with Crippen LogP contribution in [0.2, 0.25) is 0 Å². The molecule has 0 aromatic rings. The van der Waals surface area contributed by atoms with Crippen LogP contribution in [0.1, 0.15) is 52.9 Å². The lowest BCUT2D eigenvalue weighted by Crippen LogP contribution is -2.06. The van der Waals surface area contributed by atoms with Crippen LogP contribution in [0.5, 0.6) is 0 Å². The maximum Gasteiger partial charge on any atom is 0.306 e. The van der Waals surface area contributed by atoms with Gasteiger partial charge in [-0.1, -0.05) is 17.2 Å². The predicted molar refractivity (Wildman–Crippen MR) is 74.9 cm³/mol. The Morgan fingerprint density at radius 2 is 1.74 bits per heavy atom. The molecule has 0 unspecified atom stereocenters. The molecule has 19 heavy (non-hydrogen) atoms. The number of ether oxygens (including phenoxy) is 1. The molecule has 0 bridgehead atoms. The van der Waals surface area contributed by atoms with Crippen LogP contribution in [-0.4, -0.2) is 23.7 Å². The van der Waals surface area contributed by atoms with Gasteiger partial charge in [-0.25, -0.2) is 0 Å². The average Bonchev–Trinajstić information content (AvgIpc) is 2.27. The van der Waals surface area contributed by atoms with Gasteiger partial charge < -0.3 is 9.84 Å². The first kappa shape index (κ1) is 17.4. The fourth-order valence-electron chi connectivity index (χ4n) is 1.42. The Kier molecular flexibility index (Phi) is 9.49. The Bertz CT molecular complexity index is 349. The minimum absolute atomic E-state index is 0.00662. The van der Waals surface area contributed by atoms with Crippen LogP contribution >= 0.6 is 0 Å². The first-order valence-electron chi connectivity index (χ1n) is 6.58. The molecule has 0 atom stereocenters. The number of aliphatic carboxylic acids is 1. The quantitative estimate of drug-likeness (QED) is 0.513. The number of rotatable bonds is 9. The standard InChI is InChI=1S/C15H24O4/c1-12(2)6-4-7-13(3)10-11-19-15(18)9-5-8-14(16)17/h6,10H,4-5,7-9,11H2,1-3H3,(H,16,17). The van der Waals surface area contributed by atoms with E-state index in [-0.39, 0.29) is 25.4 Å². The number of hydrogen-bond acceptors (Lipinski definition) is 3. The monoisotopic (exact) mass is 268 g/mol. The Hall–Kier alpha value is -1.58. The predicted octanol–water partition coefficient (Wildman–Crippen LogP) is 3.48. The molecule has 0 aliphatic heterocycles.